The third kappa shape index (κ3) is 3.59. The molecule has 1 heterocycles. The third-order valence-electron chi connectivity index (χ3n) is 2.94. The molecule has 21 heavy (non-hydrogen) atoms. The molecule has 1 atom stereocenters. The number of cyclic esters (lactones) is 1. The van der Waals surface area contributed by atoms with Gasteiger partial charge in [-0.3, -0.25) is 0 Å². The van der Waals surface area contributed by atoms with Crippen molar-refractivity contribution in [2.45, 2.75) is 24.8 Å². The molecule has 0 saturated carbocycles. The van der Waals surface area contributed by atoms with Crippen LogP contribution in [0.4, 0.5) is 31.1 Å². The number of hydrogen-bond donors (Lipinski definition) is 1. The highest BCUT2D eigenvalue weighted by atomic mass is 19.4. The molecule has 0 aliphatic carbocycles. The summed E-state index contributed by atoms with van der Waals surface area (Å²) in [6.07, 6.45) is -10.6. The van der Waals surface area contributed by atoms with E-state index >= 15 is 0 Å². The van der Waals surface area contributed by atoms with E-state index in [0.29, 0.717) is 12.1 Å². The van der Waals surface area contributed by atoms with Crippen LogP contribution in [-0.2, 0) is 17.1 Å². The van der Waals surface area contributed by atoms with Gasteiger partial charge in [0.05, 0.1) is 23.8 Å². The normalized spacial score (nSPS) is 19.9. The molecule has 1 aliphatic heterocycles. The van der Waals surface area contributed by atoms with Crippen molar-refractivity contribution in [1.29, 1.82) is 0 Å². The summed E-state index contributed by atoms with van der Waals surface area (Å²) in [4.78, 5) is 11.0. The molecule has 1 aliphatic rings. The Morgan fingerprint density at radius 3 is 1.95 bits per heavy atom. The Morgan fingerprint density at radius 1 is 1.00 bits per heavy atom. The minimum atomic E-state index is -4.91. The van der Waals surface area contributed by atoms with Crippen LogP contribution in [0.25, 0.3) is 0 Å². The number of alkyl halides is 6. The number of alkyl carbamates (subject to hydrolysis) is 1. The number of nitrogens with one attached hydrogen (secondary N) is 1. The highest BCUT2D eigenvalue weighted by Gasteiger charge is 2.38. The monoisotopic (exact) mass is 313 g/mol. The van der Waals surface area contributed by atoms with Gasteiger partial charge in [0.15, 0.2) is 0 Å². The predicted molar refractivity (Wildman–Crippen MR) is 58.3 cm³/mol. The van der Waals surface area contributed by atoms with Crippen LogP contribution < -0.4 is 5.32 Å². The molecule has 0 aromatic heterocycles. The van der Waals surface area contributed by atoms with Crippen LogP contribution in [0, 0.1) is 0 Å². The molecule has 1 saturated heterocycles. The van der Waals surface area contributed by atoms with E-state index in [1.165, 1.54) is 0 Å². The Kier molecular flexibility index (Phi) is 3.77. The Hall–Kier alpha value is -1.93. The maximum absolute atomic E-state index is 12.7. The van der Waals surface area contributed by atoms with Crippen LogP contribution >= 0.6 is 0 Å². The molecule has 0 unspecified atom stereocenters. The summed E-state index contributed by atoms with van der Waals surface area (Å²) in [7, 11) is 0. The van der Waals surface area contributed by atoms with E-state index in [0.717, 1.165) is 0 Å². The van der Waals surface area contributed by atoms with Crippen molar-refractivity contribution in [2.24, 2.45) is 0 Å². The largest absolute Gasteiger partial charge is 0.449 e. The van der Waals surface area contributed by atoms with Gasteiger partial charge in [0.25, 0.3) is 0 Å². The van der Waals surface area contributed by atoms with E-state index < -0.39 is 35.6 Å². The smallest absolute Gasteiger partial charge is 0.416 e. The molecular weight excluding hydrogens is 304 g/mol. The minimum absolute atomic E-state index is 0.0463. The van der Waals surface area contributed by atoms with Crippen molar-refractivity contribution < 1.29 is 35.9 Å². The van der Waals surface area contributed by atoms with Crippen molar-refractivity contribution in [1.82, 2.24) is 5.32 Å². The second-order valence-corrected chi connectivity index (χ2v) is 4.46. The molecule has 9 heteroatoms. The summed E-state index contributed by atoms with van der Waals surface area (Å²) in [5.41, 5.74) is -3.07. The van der Waals surface area contributed by atoms with E-state index in [2.05, 4.69) is 10.1 Å². The van der Waals surface area contributed by atoms with Gasteiger partial charge in [-0.2, -0.15) is 26.3 Å². The highest BCUT2D eigenvalue weighted by Crippen LogP contribution is 2.38. The molecule has 2 rings (SSSR count). The quantitative estimate of drug-likeness (QED) is 0.799. The van der Waals surface area contributed by atoms with Crippen LogP contribution in [0.3, 0.4) is 0 Å². The van der Waals surface area contributed by atoms with E-state index in [9.17, 15) is 31.1 Å². The summed E-state index contributed by atoms with van der Waals surface area (Å²) >= 11 is 0. The number of carbonyl (C=O) groups excluding carboxylic acids is 1. The number of carbonyl (C=O) groups is 1. The second-order valence-electron chi connectivity index (χ2n) is 4.46. The lowest BCUT2D eigenvalue weighted by molar-refractivity contribution is -0.143. The summed E-state index contributed by atoms with van der Waals surface area (Å²) in [6.45, 7) is -0.0753. The lowest BCUT2D eigenvalue weighted by atomic mass is 9.97. The average molecular weight is 313 g/mol. The molecule has 1 N–H and O–H groups in total. The van der Waals surface area contributed by atoms with Crippen LogP contribution in [-0.4, -0.2) is 12.7 Å². The first-order valence-electron chi connectivity index (χ1n) is 5.80. The zero-order valence-electron chi connectivity index (χ0n) is 10.3. The number of benzene rings is 1. The highest BCUT2D eigenvalue weighted by molar-refractivity contribution is 5.68. The van der Waals surface area contributed by atoms with Gasteiger partial charge in [0, 0.05) is 6.42 Å². The van der Waals surface area contributed by atoms with Crippen molar-refractivity contribution in [3.63, 3.8) is 0 Å². The SMILES string of the molecule is O=C1N[C@H](c2cc(C(F)(F)F)cc(C(F)(F)F)c2)CCO1. The van der Waals surface area contributed by atoms with Gasteiger partial charge in [0.1, 0.15) is 0 Å². The molecule has 1 aromatic rings. The van der Waals surface area contributed by atoms with Gasteiger partial charge in [-0.25, -0.2) is 4.79 Å². The van der Waals surface area contributed by atoms with Gasteiger partial charge in [-0.15, -0.1) is 0 Å². The first-order valence-corrected chi connectivity index (χ1v) is 5.80. The van der Waals surface area contributed by atoms with Crippen molar-refractivity contribution in [3.05, 3.63) is 34.9 Å². The van der Waals surface area contributed by atoms with Crippen molar-refractivity contribution in [3.8, 4) is 0 Å². The molecule has 0 bridgehead atoms. The molecule has 3 nitrogen and oxygen atoms in total. The molecule has 1 fully saturated rings. The number of rotatable bonds is 1. The third-order valence-corrected chi connectivity index (χ3v) is 2.94. The first-order chi connectivity index (χ1) is 9.57. The van der Waals surface area contributed by atoms with Crippen LogP contribution in [0.5, 0.6) is 0 Å². The lowest BCUT2D eigenvalue weighted by Gasteiger charge is -2.25. The van der Waals surface area contributed by atoms with Crippen LogP contribution in [0.1, 0.15) is 29.2 Å². The Labute approximate surface area is 114 Å². The zero-order chi connectivity index (χ0) is 15.8. The Balaban J connectivity index is 2.47. The number of halogens is 6. The Morgan fingerprint density at radius 2 is 1.52 bits per heavy atom. The van der Waals surface area contributed by atoms with E-state index in [1.807, 2.05) is 0 Å². The molecule has 0 spiro atoms. The predicted octanol–water partition coefficient (Wildman–Crippen LogP) is 3.90. The summed E-state index contributed by atoms with van der Waals surface area (Å²) in [5, 5.41) is 2.19. The fourth-order valence-corrected chi connectivity index (χ4v) is 1.96. The fourth-order valence-electron chi connectivity index (χ4n) is 1.96. The van der Waals surface area contributed by atoms with Crippen molar-refractivity contribution >= 4 is 6.09 Å². The number of amides is 1. The molecule has 1 aromatic carbocycles. The fraction of sp³-hybridized carbons (Fsp3) is 0.417. The van der Waals surface area contributed by atoms with E-state index in [4.69, 9.17) is 0 Å². The maximum atomic E-state index is 12.7. The lowest BCUT2D eigenvalue weighted by Crippen LogP contribution is -2.35. The number of ether oxygens (including phenoxy) is 1. The second kappa shape index (κ2) is 5.12. The van der Waals surface area contributed by atoms with Crippen molar-refractivity contribution in [2.75, 3.05) is 6.61 Å². The van der Waals surface area contributed by atoms with E-state index in [-0.39, 0.29) is 24.7 Å². The van der Waals surface area contributed by atoms with Gasteiger partial charge in [-0.05, 0) is 23.8 Å². The summed E-state index contributed by atoms with van der Waals surface area (Å²) in [6, 6.07) is 0.302. The van der Waals surface area contributed by atoms with Gasteiger partial charge >= 0.3 is 18.4 Å². The molecule has 0 radical (unpaired) electrons. The van der Waals surface area contributed by atoms with E-state index in [1.54, 1.807) is 0 Å². The maximum Gasteiger partial charge on any atom is 0.416 e. The number of hydrogen-bond acceptors (Lipinski definition) is 2. The standard InChI is InChI=1S/C12H9F6NO2/c13-11(14,15)7-3-6(4-8(5-7)12(16,17)18)9-1-2-21-10(20)19-9/h3-5,9H,1-2H2,(H,19,20)/t9-/m0/s1. The van der Waals surface area contributed by atoms with Gasteiger partial charge < -0.3 is 10.1 Å². The summed E-state index contributed by atoms with van der Waals surface area (Å²) < 4.78 is 80.7. The molecule has 116 valence electrons. The van der Waals surface area contributed by atoms with Crippen LogP contribution in [0.2, 0.25) is 0 Å². The molecular formula is C12H9F6NO2. The zero-order valence-corrected chi connectivity index (χ0v) is 10.3. The topological polar surface area (TPSA) is 38.3 Å². The Bertz CT molecular complexity index is 519. The molecule has 1 amide bonds. The van der Waals surface area contributed by atoms with Gasteiger partial charge in [0.2, 0.25) is 0 Å². The summed E-state index contributed by atoms with van der Waals surface area (Å²) in [5.74, 6) is 0. The van der Waals surface area contributed by atoms with Gasteiger partial charge in [-0.1, -0.05) is 0 Å². The average Bonchev–Trinajstić information content (AvgIpc) is 2.36. The first kappa shape index (κ1) is 15.5. The van der Waals surface area contributed by atoms with Crippen LogP contribution in [0.15, 0.2) is 18.2 Å². The minimum Gasteiger partial charge on any atom is -0.449 e.